The van der Waals surface area contributed by atoms with Crippen molar-refractivity contribution < 1.29 is 14.1 Å². The number of nitro benzene ring substituents is 1. The second kappa shape index (κ2) is 8.62. The zero-order chi connectivity index (χ0) is 18.4. The average Bonchev–Trinajstić information content (AvgIpc) is 2.67. The van der Waals surface area contributed by atoms with Crippen molar-refractivity contribution >= 4 is 11.4 Å². The van der Waals surface area contributed by atoms with Crippen LogP contribution in [0.25, 0.3) is 0 Å². The molecule has 1 saturated heterocycles. The van der Waals surface area contributed by atoms with E-state index < -0.39 is 0 Å². The van der Waals surface area contributed by atoms with Gasteiger partial charge in [0.15, 0.2) is 0 Å². The van der Waals surface area contributed by atoms with Crippen LogP contribution in [-0.2, 0) is 0 Å². The first-order valence-corrected chi connectivity index (χ1v) is 8.72. The summed E-state index contributed by atoms with van der Waals surface area (Å²) in [4.78, 5) is 15.3. The Morgan fingerprint density at radius 2 is 1.73 bits per heavy atom. The van der Waals surface area contributed by atoms with Crippen molar-refractivity contribution in [1.82, 2.24) is 4.90 Å². The van der Waals surface area contributed by atoms with E-state index in [1.54, 1.807) is 24.3 Å². The molecule has 0 aromatic heterocycles. The van der Waals surface area contributed by atoms with Crippen molar-refractivity contribution in [2.24, 2.45) is 0 Å². The third-order valence-corrected chi connectivity index (χ3v) is 4.49. The number of piperazine rings is 1. The SMILES string of the molecule is O=[N+]([O-])c1ccccc1N1CCN(CCCOc2ccc(F)cc2)CC1. The largest absolute Gasteiger partial charge is 0.494 e. The first kappa shape index (κ1) is 18.1. The molecule has 1 aliphatic heterocycles. The molecule has 138 valence electrons. The Morgan fingerprint density at radius 3 is 2.42 bits per heavy atom. The molecular weight excluding hydrogens is 337 g/mol. The molecule has 1 aliphatic rings. The summed E-state index contributed by atoms with van der Waals surface area (Å²) in [6.45, 7) is 4.75. The van der Waals surface area contributed by atoms with Gasteiger partial charge in [0.25, 0.3) is 5.69 Å². The van der Waals surface area contributed by atoms with Crippen molar-refractivity contribution in [3.05, 3.63) is 64.5 Å². The molecule has 3 rings (SSSR count). The Balaban J connectivity index is 1.41. The van der Waals surface area contributed by atoms with Gasteiger partial charge in [-0.15, -0.1) is 0 Å². The van der Waals surface area contributed by atoms with Crippen LogP contribution in [0, 0.1) is 15.9 Å². The zero-order valence-corrected chi connectivity index (χ0v) is 14.5. The maximum absolute atomic E-state index is 12.8. The third-order valence-electron chi connectivity index (χ3n) is 4.49. The molecular formula is C19H22FN3O3. The van der Waals surface area contributed by atoms with Gasteiger partial charge in [-0.25, -0.2) is 4.39 Å². The summed E-state index contributed by atoms with van der Waals surface area (Å²) in [6, 6.07) is 12.9. The smallest absolute Gasteiger partial charge is 0.292 e. The van der Waals surface area contributed by atoms with E-state index in [1.807, 2.05) is 12.1 Å². The predicted octanol–water partition coefficient (Wildman–Crippen LogP) is 3.33. The fourth-order valence-electron chi connectivity index (χ4n) is 3.11. The van der Waals surface area contributed by atoms with Crippen LogP contribution in [0.1, 0.15) is 6.42 Å². The molecule has 0 aliphatic carbocycles. The lowest BCUT2D eigenvalue weighted by Gasteiger charge is -2.35. The van der Waals surface area contributed by atoms with E-state index in [2.05, 4.69) is 9.80 Å². The second-order valence-corrected chi connectivity index (χ2v) is 6.23. The van der Waals surface area contributed by atoms with Crippen LogP contribution in [0.3, 0.4) is 0 Å². The number of rotatable bonds is 7. The number of hydrogen-bond donors (Lipinski definition) is 0. The molecule has 0 spiro atoms. The molecule has 2 aromatic carbocycles. The number of halogens is 1. The molecule has 0 bridgehead atoms. The average molecular weight is 359 g/mol. The van der Waals surface area contributed by atoms with Crippen LogP contribution in [0.4, 0.5) is 15.8 Å². The minimum absolute atomic E-state index is 0.161. The Bertz CT molecular complexity index is 731. The lowest BCUT2D eigenvalue weighted by molar-refractivity contribution is -0.384. The summed E-state index contributed by atoms with van der Waals surface area (Å²) in [5, 5.41) is 11.2. The van der Waals surface area contributed by atoms with E-state index in [1.165, 1.54) is 12.1 Å². The van der Waals surface area contributed by atoms with Crippen LogP contribution < -0.4 is 9.64 Å². The molecule has 0 saturated carbocycles. The number of nitro groups is 1. The minimum atomic E-state index is -0.325. The molecule has 0 amide bonds. The lowest BCUT2D eigenvalue weighted by Crippen LogP contribution is -2.47. The van der Waals surface area contributed by atoms with Gasteiger partial charge in [0, 0.05) is 38.8 Å². The molecule has 0 radical (unpaired) electrons. The van der Waals surface area contributed by atoms with Gasteiger partial charge in [0.1, 0.15) is 17.3 Å². The quantitative estimate of drug-likeness (QED) is 0.431. The molecule has 0 N–H and O–H groups in total. The molecule has 7 heteroatoms. The maximum Gasteiger partial charge on any atom is 0.292 e. The minimum Gasteiger partial charge on any atom is -0.494 e. The van der Waals surface area contributed by atoms with Crippen molar-refractivity contribution in [3.63, 3.8) is 0 Å². The van der Waals surface area contributed by atoms with Gasteiger partial charge >= 0.3 is 0 Å². The van der Waals surface area contributed by atoms with Gasteiger partial charge in [-0.05, 0) is 36.8 Å². The van der Waals surface area contributed by atoms with Crippen LogP contribution in [0.2, 0.25) is 0 Å². The van der Waals surface area contributed by atoms with Gasteiger partial charge in [0.05, 0.1) is 11.5 Å². The fourth-order valence-corrected chi connectivity index (χ4v) is 3.11. The monoisotopic (exact) mass is 359 g/mol. The molecule has 1 heterocycles. The highest BCUT2D eigenvalue weighted by Crippen LogP contribution is 2.28. The highest BCUT2D eigenvalue weighted by molar-refractivity contribution is 5.63. The highest BCUT2D eigenvalue weighted by Gasteiger charge is 2.22. The molecule has 2 aromatic rings. The van der Waals surface area contributed by atoms with Crippen molar-refractivity contribution in [2.75, 3.05) is 44.2 Å². The molecule has 0 atom stereocenters. The number of ether oxygens (including phenoxy) is 1. The topological polar surface area (TPSA) is 58.9 Å². The Morgan fingerprint density at radius 1 is 1.04 bits per heavy atom. The summed E-state index contributed by atoms with van der Waals surface area (Å²) in [7, 11) is 0. The number of anilines is 1. The summed E-state index contributed by atoms with van der Waals surface area (Å²) in [5.74, 6) is 0.404. The Kier molecular flexibility index (Phi) is 6.01. The Labute approximate surface area is 151 Å². The van der Waals surface area contributed by atoms with Crippen molar-refractivity contribution in [1.29, 1.82) is 0 Å². The lowest BCUT2D eigenvalue weighted by atomic mass is 10.2. The van der Waals surface area contributed by atoms with E-state index >= 15 is 0 Å². The standard InChI is InChI=1S/C19H22FN3O3/c20-16-6-8-17(9-7-16)26-15-3-10-21-11-13-22(14-12-21)18-4-1-2-5-19(18)23(24)25/h1-2,4-9H,3,10-15H2. The van der Waals surface area contributed by atoms with Gasteiger partial charge in [0.2, 0.25) is 0 Å². The van der Waals surface area contributed by atoms with Gasteiger partial charge in [-0.2, -0.15) is 0 Å². The van der Waals surface area contributed by atoms with E-state index in [0.29, 0.717) is 18.0 Å². The first-order chi connectivity index (χ1) is 12.6. The number of hydrogen-bond acceptors (Lipinski definition) is 5. The third kappa shape index (κ3) is 4.70. The van der Waals surface area contributed by atoms with Crippen molar-refractivity contribution in [2.45, 2.75) is 6.42 Å². The summed E-state index contributed by atoms with van der Waals surface area (Å²) in [5.41, 5.74) is 0.852. The van der Waals surface area contributed by atoms with Gasteiger partial charge in [-0.3, -0.25) is 15.0 Å². The van der Waals surface area contributed by atoms with Crippen LogP contribution in [0.15, 0.2) is 48.5 Å². The fraction of sp³-hybridized carbons (Fsp3) is 0.368. The van der Waals surface area contributed by atoms with Crippen LogP contribution >= 0.6 is 0 Å². The van der Waals surface area contributed by atoms with Gasteiger partial charge < -0.3 is 9.64 Å². The van der Waals surface area contributed by atoms with Gasteiger partial charge in [-0.1, -0.05) is 12.1 Å². The molecule has 1 fully saturated rings. The van der Waals surface area contributed by atoms with E-state index in [9.17, 15) is 14.5 Å². The van der Waals surface area contributed by atoms with E-state index in [-0.39, 0.29) is 16.4 Å². The first-order valence-electron chi connectivity index (χ1n) is 8.72. The summed E-state index contributed by atoms with van der Waals surface area (Å²) < 4.78 is 18.4. The van der Waals surface area contributed by atoms with E-state index in [4.69, 9.17) is 4.74 Å². The number of benzene rings is 2. The van der Waals surface area contributed by atoms with E-state index in [0.717, 1.165) is 39.1 Å². The summed E-state index contributed by atoms with van der Waals surface area (Å²) in [6.07, 6.45) is 0.878. The maximum atomic E-state index is 12.8. The second-order valence-electron chi connectivity index (χ2n) is 6.23. The zero-order valence-electron chi connectivity index (χ0n) is 14.5. The molecule has 0 unspecified atom stereocenters. The highest BCUT2D eigenvalue weighted by atomic mass is 19.1. The summed E-state index contributed by atoms with van der Waals surface area (Å²) >= 11 is 0. The van der Waals surface area contributed by atoms with Crippen LogP contribution in [0.5, 0.6) is 5.75 Å². The van der Waals surface area contributed by atoms with Crippen molar-refractivity contribution in [3.8, 4) is 5.75 Å². The van der Waals surface area contributed by atoms with Crippen LogP contribution in [-0.4, -0.2) is 49.2 Å². The Hall–Kier alpha value is -2.67. The normalized spacial score (nSPS) is 15.0. The number of nitrogens with zero attached hydrogens (tertiary/aromatic N) is 3. The number of para-hydroxylation sites is 2. The molecule has 26 heavy (non-hydrogen) atoms. The molecule has 6 nitrogen and oxygen atoms in total. The predicted molar refractivity (Wildman–Crippen MR) is 98.3 cm³/mol.